The van der Waals surface area contributed by atoms with Gasteiger partial charge in [-0.15, -0.1) is 0 Å². The van der Waals surface area contributed by atoms with Gasteiger partial charge in [-0.25, -0.2) is 0 Å². The van der Waals surface area contributed by atoms with Crippen molar-refractivity contribution in [2.75, 3.05) is 0 Å². The maximum atomic E-state index is 3.58. The average Bonchev–Trinajstić information content (AvgIpc) is 2.40. The summed E-state index contributed by atoms with van der Waals surface area (Å²) in [5, 5.41) is 3.58. The zero-order valence-electron chi connectivity index (χ0n) is 5.35. The number of hydrogen-bond donors (Lipinski definition) is 1. The van der Waals surface area contributed by atoms with E-state index in [2.05, 4.69) is 12.2 Å². The molecule has 3 atom stereocenters. The van der Waals surface area contributed by atoms with Crippen molar-refractivity contribution in [1.82, 2.24) is 5.32 Å². The van der Waals surface area contributed by atoms with Gasteiger partial charge in [0.15, 0.2) is 0 Å². The van der Waals surface area contributed by atoms with Crippen molar-refractivity contribution in [3.05, 3.63) is 0 Å². The Morgan fingerprint density at radius 2 is 2.38 bits per heavy atom. The first-order chi connectivity index (χ1) is 3.90. The van der Waals surface area contributed by atoms with Gasteiger partial charge < -0.3 is 5.32 Å². The van der Waals surface area contributed by atoms with Crippen LogP contribution in [0.15, 0.2) is 0 Å². The van der Waals surface area contributed by atoms with Crippen molar-refractivity contribution >= 4 is 0 Å². The lowest BCUT2D eigenvalue weighted by Gasteiger charge is -2.07. The molecular formula is C7H13N. The lowest BCUT2D eigenvalue weighted by atomic mass is 10.1. The third-order valence-corrected chi connectivity index (χ3v) is 2.45. The van der Waals surface area contributed by atoms with Crippen molar-refractivity contribution in [3.63, 3.8) is 0 Å². The summed E-state index contributed by atoms with van der Waals surface area (Å²) >= 11 is 0. The molecule has 1 saturated carbocycles. The summed E-state index contributed by atoms with van der Waals surface area (Å²) < 4.78 is 0. The molecule has 0 amide bonds. The molecule has 2 fully saturated rings. The van der Waals surface area contributed by atoms with E-state index in [-0.39, 0.29) is 0 Å². The number of nitrogens with one attached hydrogen (secondary N) is 1. The van der Waals surface area contributed by atoms with E-state index < -0.39 is 0 Å². The van der Waals surface area contributed by atoms with Crippen molar-refractivity contribution in [3.8, 4) is 0 Å². The Balaban J connectivity index is 1.89. The highest BCUT2D eigenvalue weighted by atomic mass is 15.0. The first-order valence-electron chi connectivity index (χ1n) is 3.66. The zero-order valence-corrected chi connectivity index (χ0v) is 5.35. The molecule has 2 rings (SSSR count). The van der Waals surface area contributed by atoms with E-state index in [1.54, 1.807) is 0 Å². The van der Waals surface area contributed by atoms with Gasteiger partial charge in [-0.2, -0.15) is 0 Å². The molecule has 1 aliphatic carbocycles. The van der Waals surface area contributed by atoms with Gasteiger partial charge in [-0.3, -0.25) is 0 Å². The minimum Gasteiger partial charge on any atom is -0.311 e. The minimum absolute atomic E-state index is 0.874. The topological polar surface area (TPSA) is 12.0 Å². The maximum Gasteiger partial charge on any atom is 0.0102 e. The second-order valence-corrected chi connectivity index (χ2v) is 3.11. The summed E-state index contributed by atoms with van der Waals surface area (Å²) in [5.41, 5.74) is 0. The second-order valence-electron chi connectivity index (χ2n) is 3.11. The molecule has 0 bridgehead atoms. The number of fused-ring (bicyclic) bond motifs is 1. The van der Waals surface area contributed by atoms with Gasteiger partial charge in [0.25, 0.3) is 0 Å². The van der Waals surface area contributed by atoms with Gasteiger partial charge in [0, 0.05) is 12.1 Å². The Labute approximate surface area is 50.5 Å². The van der Waals surface area contributed by atoms with E-state index in [1.807, 2.05) is 0 Å². The highest BCUT2D eigenvalue weighted by Crippen LogP contribution is 2.41. The lowest BCUT2D eigenvalue weighted by molar-refractivity contribution is 0.526. The Kier molecular flexibility index (Phi) is 0.884. The first kappa shape index (κ1) is 4.80. The molecule has 1 saturated heterocycles. The van der Waals surface area contributed by atoms with Crippen molar-refractivity contribution < 1.29 is 0 Å². The van der Waals surface area contributed by atoms with Crippen LogP contribution in [-0.4, -0.2) is 12.1 Å². The molecule has 0 spiro atoms. The molecule has 0 radical (unpaired) electrons. The van der Waals surface area contributed by atoms with Crippen LogP contribution in [0.3, 0.4) is 0 Å². The van der Waals surface area contributed by atoms with E-state index in [0.29, 0.717) is 0 Å². The van der Waals surface area contributed by atoms with Gasteiger partial charge in [0.05, 0.1) is 0 Å². The largest absolute Gasteiger partial charge is 0.311 e. The van der Waals surface area contributed by atoms with E-state index in [9.17, 15) is 0 Å². The third-order valence-electron chi connectivity index (χ3n) is 2.45. The van der Waals surface area contributed by atoms with Crippen molar-refractivity contribution in [1.29, 1.82) is 0 Å². The maximum absolute atomic E-state index is 3.58. The molecule has 2 aliphatic rings. The molecule has 0 aromatic rings. The highest BCUT2D eigenvalue weighted by Gasteiger charge is 2.44. The SMILES string of the molecule is CCC1CC2CC2N1. The molecule has 0 aromatic heterocycles. The lowest BCUT2D eigenvalue weighted by Crippen LogP contribution is -2.24. The summed E-state index contributed by atoms with van der Waals surface area (Å²) in [4.78, 5) is 0. The molecule has 0 aromatic carbocycles. The highest BCUT2D eigenvalue weighted by molar-refractivity contribution is 5.02. The fourth-order valence-corrected chi connectivity index (χ4v) is 1.73. The summed E-state index contributed by atoms with van der Waals surface area (Å²) in [7, 11) is 0. The number of hydrogen-bond acceptors (Lipinski definition) is 1. The molecule has 1 N–H and O–H groups in total. The predicted octanol–water partition coefficient (Wildman–Crippen LogP) is 1.15. The summed E-state index contributed by atoms with van der Waals surface area (Å²) in [6, 6.07) is 1.82. The van der Waals surface area contributed by atoms with Crippen LogP contribution in [0.5, 0.6) is 0 Å². The van der Waals surface area contributed by atoms with E-state index in [1.165, 1.54) is 19.3 Å². The standard InChI is InChI=1S/C7H13N/c1-2-6-3-5-4-7(5)8-6/h5-8H,2-4H2,1H3. The van der Waals surface area contributed by atoms with Crippen LogP contribution in [-0.2, 0) is 0 Å². The normalized spacial score (nSPS) is 51.4. The Hall–Kier alpha value is -0.0400. The fourth-order valence-electron chi connectivity index (χ4n) is 1.73. The zero-order chi connectivity index (χ0) is 5.56. The molecule has 1 heterocycles. The van der Waals surface area contributed by atoms with Crippen molar-refractivity contribution in [2.45, 2.75) is 38.3 Å². The molecule has 46 valence electrons. The molecule has 1 nitrogen and oxygen atoms in total. The van der Waals surface area contributed by atoms with Crippen LogP contribution in [0.2, 0.25) is 0 Å². The molecule has 1 heteroatoms. The van der Waals surface area contributed by atoms with Crippen molar-refractivity contribution in [2.24, 2.45) is 5.92 Å². The van der Waals surface area contributed by atoms with Gasteiger partial charge in [-0.1, -0.05) is 6.92 Å². The number of piperidine rings is 1. The average molecular weight is 111 g/mol. The smallest absolute Gasteiger partial charge is 0.0102 e. The fraction of sp³-hybridized carbons (Fsp3) is 1.00. The van der Waals surface area contributed by atoms with Crippen LogP contribution in [0.4, 0.5) is 0 Å². The summed E-state index contributed by atoms with van der Waals surface area (Å²) in [5.74, 6) is 1.08. The van der Waals surface area contributed by atoms with Crippen LogP contribution >= 0.6 is 0 Å². The summed E-state index contributed by atoms with van der Waals surface area (Å²) in [6.45, 7) is 2.27. The van der Waals surface area contributed by atoms with Gasteiger partial charge in [0.1, 0.15) is 0 Å². The molecule has 1 aliphatic heterocycles. The summed E-state index contributed by atoms with van der Waals surface area (Å²) in [6.07, 6.45) is 4.25. The van der Waals surface area contributed by atoms with E-state index >= 15 is 0 Å². The second kappa shape index (κ2) is 1.47. The van der Waals surface area contributed by atoms with E-state index in [0.717, 1.165) is 18.0 Å². The van der Waals surface area contributed by atoms with Gasteiger partial charge in [-0.05, 0) is 25.2 Å². The molecular weight excluding hydrogens is 98.1 g/mol. The van der Waals surface area contributed by atoms with Gasteiger partial charge in [0.2, 0.25) is 0 Å². The Morgan fingerprint density at radius 3 is 2.75 bits per heavy atom. The van der Waals surface area contributed by atoms with Crippen LogP contribution in [0.1, 0.15) is 26.2 Å². The molecule has 3 unspecified atom stereocenters. The van der Waals surface area contributed by atoms with Crippen LogP contribution < -0.4 is 5.32 Å². The van der Waals surface area contributed by atoms with E-state index in [4.69, 9.17) is 0 Å². The quantitative estimate of drug-likeness (QED) is 0.535. The predicted molar refractivity (Wildman–Crippen MR) is 33.7 cm³/mol. The monoisotopic (exact) mass is 111 g/mol. The van der Waals surface area contributed by atoms with Gasteiger partial charge >= 0.3 is 0 Å². The third kappa shape index (κ3) is 0.576. The minimum atomic E-state index is 0.874. The number of rotatable bonds is 1. The van der Waals surface area contributed by atoms with Crippen LogP contribution in [0.25, 0.3) is 0 Å². The molecule has 8 heavy (non-hydrogen) atoms. The van der Waals surface area contributed by atoms with Crippen LogP contribution in [0, 0.1) is 5.92 Å². The Bertz CT molecular complexity index is 90.6. The Morgan fingerprint density at radius 1 is 1.50 bits per heavy atom. The first-order valence-corrected chi connectivity index (χ1v) is 3.66.